The highest BCUT2D eigenvalue weighted by Gasteiger charge is 2.46. The van der Waals surface area contributed by atoms with Gasteiger partial charge in [0.05, 0.1) is 17.4 Å². The number of hydrogen-bond donors (Lipinski definition) is 3. The van der Waals surface area contributed by atoms with E-state index in [-0.39, 0.29) is 31.3 Å². The zero-order valence-electron chi connectivity index (χ0n) is 17.2. The maximum Gasteiger partial charge on any atom is 0.276 e. The molecule has 13 nitrogen and oxygen atoms in total. The molecular formula is C17H23N9O4S. The van der Waals surface area contributed by atoms with Gasteiger partial charge >= 0.3 is 0 Å². The van der Waals surface area contributed by atoms with E-state index in [0.29, 0.717) is 5.69 Å². The van der Waals surface area contributed by atoms with E-state index in [4.69, 9.17) is 10.4 Å². The van der Waals surface area contributed by atoms with Crippen LogP contribution in [0.15, 0.2) is 24.7 Å². The van der Waals surface area contributed by atoms with Crippen LogP contribution in [0.4, 0.5) is 17.5 Å². The highest BCUT2D eigenvalue weighted by atomic mass is 32.2. The van der Waals surface area contributed by atoms with Crippen LogP contribution in [0.1, 0.15) is 20.3 Å². The standard InChI is InChI=1S/C17H23N9O4S/c1-16(2,11-24(3)31(19,29)30)26-9-12(8-21-26)22-15-20-6-4-13(23-15)25-7-5-17(28,10-18)14(25)27/h4,6,8-9,28H,5,7,11H2,1-3H3,(H2,19,29,30)(H,20,22,23)/t17-/m0/s1. The SMILES string of the molecule is CN(CC(C)(C)n1cc(Nc2nccc(N3CC[C@](O)(C#N)C3=O)n2)cn1)S(N)(=O)=O. The Labute approximate surface area is 179 Å². The van der Waals surface area contributed by atoms with E-state index in [1.165, 1.54) is 30.4 Å². The molecule has 0 unspecified atom stereocenters. The summed E-state index contributed by atoms with van der Waals surface area (Å²) in [5, 5.41) is 31.4. The Morgan fingerprint density at radius 1 is 1.48 bits per heavy atom. The van der Waals surface area contributed by atoms with Crippen molar-refractivity contribution in [1.29, 1.82) is 5.26 Å². The molecule has 31 heavy (non-hydrogen) atoms. The van der Waals surface area contributed by atoms with E-state index >= 15 is 0 Å². The first-order valence-electron chi connectivity index (χ1n) is 9.21. The number of rotatable bonds is 7. The Morgan fingerprint density at radius 3 is 2.81 bits per heavy atom. The normalized spacial score (nSPS) is 19.6. The largest absolute Gasteiger partial charge is 0.368 e. The lowest BCUT2D eigenvalue weighted by Crippen LogP contribution is -2.44. The molecule has 0 spiro atoms. The van der Waals surface area contributed by atoms with Crippen LogP contribution in [-0.4, -0.2) is 69.2 Å². The van der Waals surface area contributed by atoms with Crippen molar-refractivity contribution in [3.05, 3.63) is 24.7 Å². The summed E-state index contributed by atoms with van der Waals surface area (Å²) >= 11 is 0. The number of hydrogen-bond acceptors (Lipinski definition) is 9. The predicted molar refractivity (Wildman–Crippen MR) is 110 cm³/mol. The summed E-state index contributed by atoms with van der Waals surface area (Å²) in [5.41, 5.74) is -2.21. The Bertz CT molecular complexity index is 1140. The van der Waals surface area contributed by atoms with E-state index in [9.17, 15) is 18.3 Å². The van der Waals surface area contributed by atoms with Crippen LogP contribution in [-0.2, 0) is 20.5 Å². The Balaban J connectivity index is 1.75. The van der Waals surface area contributed by atoms with E-state index in [1.807, 2.05) is 0 Å². The van der Waals surface area contributed by atoms with Crippen LogP contribution < -0.4 is 15.4 Å². The fourth-order valence-corrected chi connectivity index (χ4v) is 3.64. The molecule has 14 heteroatoms. The molecule has 2 aromatic heterocycles. The second-order valence-electron chi connectivity index (χ2n) is 7.83. The van der Waals surface area contributed by atoms with Crippen LogP contribution in [0.25, 0.3) is 0 Å². The molecule has 1 aliphatic heterocycles. The lowest BCUT2D eigenvalue weighted by Gasteiger charge is -2.29. The molecular weight excluding hydrogens is 426 g/mol. The molecule has 0 aliphatic carbocycles. The zero-order chi connectivity index (χ0) is 23.0. The fraction of sp³-hybridized carbons (Fsp3) is 0.471. The van der Waals surface area contributed by atoms with E-state index < -0.39 is 27.3 Å². The van der Waals surface area contributed by atoms with E-state index in [1.54, 1.807) is 30.8 Å². The number of anilines is 3. The highest BCUT2D eigenvalue weighted by molar-refractivity contribution is 7.86. The minimum atomic E-state index is -3.83. The van der Waals surface area contributed by atoms with Crippen LogP contribution in [0, 0.1) is 11.3 Å². The van der Waals surface area contributed by atoms with Gasteiger partial charge < -0.3 is 10.4 Å². The molecule has 166 valence electrons. The molecule has 3 rings (SSSR count). The van der Waals surface area contributed by atoms with Crippen molar-refractivity contribution in [2.75, 3.05) is 30.4 Å². The summed E-state index contributed by atoms with van der Waals surface area (Å²) in [6.45, 7) is 3.86. The van der Waals surface area contributed by atoms with Crippen LogP contribution in [0.3, 0.4) is 0 Å². The quantitative estimate of drug-likeness (QED) is 0.459. The second-order valence-corrected chi connectivity index (χ2v) is 9.48. The molecule has 3 heterocycles. The number of nitriles is 1. The first-order valence-corrected chi connectivity index (χ1v) is 10.7. The number of aliphatic hydroxyl groups is 1. The molecule has 1 atom stereocenters. The maximum absolute atomic E-state index is 12.3. The van der Waals surface area contributed by atoms with E-state index in [2.05, 4.69) is 20.4 Å². The maximum atomic E-state index is 12.3. The summed E-state index contributed by atoms with van der Waals surface area (Å²) in [5.74, 6) is -0.305. The van der Waals surface area contributed by atoms with Crippen molar-refractivity contribution in [3.8, 4) is 6.07 Å². The number of nitrogens with two attached hydrogens (primary N) is 1. The Morgan fingerprint density at radius 2 is 2.19 bits per heavy atom. The van der Waals surface area contributed by atoms with Gasteiger partial charge in [-0.25, -0.2) is 10.1 Å². The molecule has 1 saturated heterocycles. The van der Waals surface area contributed by atoms with Gasteiger partial charge in [0.2, 0.25) is 11.5 Å². The van der Waals surface area contributed by atoms with Gasteiger partial charge in [0.15, 0.2) is 0 Å². The molecule has 1 fully saturated rings. The van der Waals surface area contributed by atoms with Crippen molar-refractivity contribution >= 4 is 33.6 Å². The minimum Gasteiger partial charge on any atom is -0.368 e. The zero-order valence-corrected chi connectivity index (χ0v) is 18.0. The number of likely N-dealkylation sites (N-methyl/N-ethyl adjacent to an activating group) is 1. The number of amides is 1. The van der Waals surface area contributed by atoms with Crippen LogP contribution in [0.5, 0.6) is 0 Å². The predicted octanol–water partition coefficient (Wildman–Crippen LogP) is -0.722. The number of carbonyl (C=O) groups is 1. The second kappa shape index (κ2) is 7.85. The number of aromatic nitrogens is 4. The summed E-state index contributed by atoms with van der Waals surface area (Å²) in [6.07, 6.45) is 4.60. The third-order valence-electron chi connectivity index (χ3n) is 4.90. The molecule has 2 aromatic rings. The average Bonchev–Trinajstić information content (AvgIpc) is 3.27. The molecule has 0 aromatic carbocycles. The first kappa shape index (κ1) is 22.6. The van der Waals surface area contributed by atoms with Crippen molar-refractivity contribution in [1.82, 2.24) is 24.1 Å². The van der Waals surface area contributed by atoms with Crippen LogP contribution >= 0.6 is 0 Å². The van der Waals surface area contributed by atoms with Gasteiger partial charge in [-0.1, -0.05) is 0 Å². The van der Waals surface area contributed by atoms with Crippen molar-refractivity contribution in [2.24, 2.45) is 5.14 Å². The van der Waals surface area contributed by atoms with E-state index in [0.717, 1.165) is 4.31 Å². The third kappa shape index (κ3) is 4.64. The van der Waals surface area contributed by atoms with Gasteiger partial charge in [0.25, 0.3) is 16.1 Å². The first-order chi connectivity index (χ1) is 14.4. The monoisotopic (exact) mass is 449 g/mol. The average molecular weight is 449 g/mol. The lowest BCUT2D eigenvalue weighted by molar-refractivity contribution is -0.128. The summed E-state index contributed by atoms with van der Waals surface area (Å²) in [7, 11) is -2.45. The fourth-order valence-electron chi connectivity index (χ4n) is 3.14. The van der Waals surface area contributed by atoms with Gasteiger partial charge in [0.1, 0.15) is 11.9 Å². The smallest absolute Gasteiger partial charge is 0.276 e. The van der Waals surface area contributed by atoms with Gasteiger partial charge in [0, 0.05) is 39.0 Å². The van der Waals surface area contributed by atoms with Crippen molar-refractivity contribution in [3.63, 3.8) is 0 Å². The van der Waals surface area contributed by atoms with Gasteiger partial charge in [-0.2, -0.15) is 28.1 Å². The third-order valence-corrected chi connectivity index (χ3v) is 5.90. The Hall–Kier alpha value is -3.12. The van der Waals surface area contributed by atoms with Gasteiger partial charge in [-0.15, -0.1) is 0 Å². The molecule has 0 saturated carbocycles. The molecule has 4 N–H and O–H groups in total. The number of nitrogens with one attached hydrogen (secondary N) is 1. The highest BCUT2D eigenvalue weighted by Crippen LogP contribution is 2.27. The molecule has 0 bridgehead atoms. The summed E-state index contributed by atoms with van der Waals surface area (Å²) in [6, 6.07) is 3.13. The Kier molecular flexibility index (Phi) is 5.72. The van der Waals surface area contributed by atoms with Crippen molar-refractivity contribution in [2.45, 2.75) is 31.4 Å². The molecule has 1 amide bonds. The topological polar surface area (TPSA) is 183 Å². The van der Waals surface area contributed by atoms with Gasteiger partial charge in [-0.3, -0.25) is 14.4 Å². The molecule has 1 aliphatic rings. The minimum absolute atomic E-state index is 0.0100. The van der Waals surface area contributed by atoms with Crippen LogP contribution in [0.2, 0.25) is 0 Å². The van der Waals surface area contributed by atoms with Gasteiger partial charge in [-0.05, 0) is 19.9 Å². The molecule has 0 radical (unpaired) electrons. The number of carbonyl (C=O) groups excluding carboxylic acids is 1. The summed E-state index contributed by atoms with van der Waals surface area (Å²) in [4.78, 5) is 21.9. The number of nitrogens with zero attached hydrogens (tertiary/aromatic N) is 7. The van der Waals surface area contributed by atoms with Crippen molar-refractivity contribution < 1.29 is 18.3 Å². The lowest BCUT2D eigenvalue weighted by atomic mass is 10.1. The summed E-state index contributed by atoms with van der Waals surface area (Å²) < 4.78 is 25.6.